The summed E-state index contributed by atoms with van der Waals surface area (Å²) in [6, 6.07) is 5.70. The second kappa shape index (κ2) is 7.31. The summed E-state index contributed by atoms with van der Waals surface area (Å²) >= 11 is 5.66. The minimum atomic E-state index is -0.293. The van der Waals surface area contributed by atoms with E-state index < -0.39 is 0 Å². The van der Waals surface area contributed by atoms with E-state index in [9.17, 15) is 4.79 Å². The third-order valence-corrected chi connectivity index (χ3v) is 2.91. The van der Waals surface area contributed by atoms with Gasteiger partial charge in [0, 0.05) is 25.5 Å². The summed E-state index contributed by atoms with van der Waals surface area (Å²) in [4.78, 5) is 25.8. The number of carbonyl (C=O) groups excluding carboxylic acids is 1. The van der Waals surface area contributed by atoms with E-state index in [2.05, 4.69) is 15.0 Å². The van der Waals surface area contributed by atoms with Gasteiger partial charge in [-0.25, -0.2) is 9.97 Å². The van der Waals surface area contributed by atoms with E-state index in [1.54, 1.807) is 18.5 Å². The summed E-state index contributed by atoms with van der Waals surface area (Å²) in [5.74, 6) is -0.293. The number of halogens is 1. The van der Waals surface area contributed by atoms with E-state index in [0.29, 0.717) is 13.1 Å². The van der Waals surface area contributed by atoms with Crippen molar-refractivity contribution < 1.29 is 4.79 Å². The second-order valence-corrected chi connectivity index (χ2v) is 4.61. The van der Waals surface area contributed by atoms with Crippen molar-refractivity contribution in [2.75, 3.05) is 6.54 Å². The fourth-order valence-electron chi connectivity index (χ4n) is 1.73. The lowest BCUT2D eigenvalue weighted by atomic mass is 10.2. The molecule has 0 unspecified atom stereocenters. The van der Waals surface area contributed by atoms with Crippen molar-refractivity contribution in [2.45, 2.75) is 13.0 Å². The van der Waals surface area contributed by atoms with Crippen LogP contribution in [0.3, 0.4) is 0 Å². The minimum Gasteiger partial charge on any atom is -0.332 e. The number of nitriles is 1. The van der Waals surface area contributed by atoms with Crippen LogP contribution in [0.4, 0.5) is 0 Å². The SMILES string of the molecule is N#CCCN(Cc1cccnc1)C(=O)c1cnc(Cl)cn1. The number of hydrogen-bond acceptors (Lipinski definition) is 5. The molecule has 106 valence electrons. The van der Waals surface area contributed by atoms with Gasteiger partial charge in [-0.2, -0.15) is 5.26 Å². The second-order valence-electron chi connectivity index (χ2n) is 4.22. The van der Waals surface area contributed by atoms with E-state index in [-0.39, 0.29) is 23.2 Å². The number of hydrogen-bond donors (Lipinski definition) is 0. The Morgan fingerprint density at radius 1 is 1.33 bits per heavy atom. The van der Waals surface area contributed by atoms with Gasteiger partial charge in [0.15, 0.2) is 0 Å². The summed E-state index contributed by atoms with van der Waals surface area (Å²) < 4.78 is 0. The van der Waals surface area contributed by atoms with Crippen LogP contribution in [0.1, 0.15) is 22.5 Å². The van der Waals surface area contributed by atoms with Crippen molar-refractivity contribution in [2.24, 2.45) is 0 Å². The Morgan fingerprint density at radius 3 is 2.81 bits per heavy atom. The molecule has 1 amide bonds. The molecule has 0 spiro atoms. The fourth-order valence-corrected chi connectivity index (χ4v) is 1.83. The monoisotopic (exact) mass is 301 g/mol. The van der Waals surface area contributed by atoms with Gasteiger partial charge in [-0.1, -0.05) is 17.7 Å². The molecule has 2 aromatic heterocycles. The Bertz CT molecular complexity index is 639. The summed E-state index contributed by atoms with van der Waals surface area (Å²) in [7, 11) is 0. The molecule has 0 aliphatic carbocycles. The predicted molar refractivity (Wildman–Crippen MR) is 76.2 cm³/mol. The zero-order chi connectivity index (χ0) is 15.1. The standard InChI is InChI=1S/C14H12ClN5O/c15-13-9-18-12(8-19-13)14(21)20(6-2-4-16)10-11-3-1-5-17-7-11/h1,3,5,7-9H,2,6,10H2. The maximum atomic E-state index is 12.4. The highest BCUT2D eigenvalue weighted by Crippen LogP contribution is 2.09. The van der Waals surface area contributed by atoms with Crippen molar-refractivity contribution in [1.29, 1.82) is 5.26 Å². The van der Waals surface area contributed by atoms with Gasteiger partial charge in [0.05, 0.1) is 24.9 Å². The highest BCUT2D eigenvalue weighted by Gasteiger charge is 2.17. The molecule has 0 aromatic carbocycles. The first kappa shape index (κ1) is 14.9. The molecule has 0 saturated heterocycles. The van der Waals surface area contributed by atoms with Crippen molar-refractivity contribution in [3.05, 3.63) is 53.3 Å². The van der Waals surface area contributed by atoms with Crippen molar-refractivity contribution >= 4 is 17.5 Å². The smallest absolute Gasteiger partial charge is 0.274 e. The summed E-state index contributed by atoms with van der Waals surface area (Å²) in [6.45, 7) is 0.674. The molecule has 0 fully saturated rings. The van der Waals surface area contributed by atoms with Gasteiger partial charge in [0.1, 0.15) is 10.8 Å². The molecule has 2 aromatic rings. The molecule has 0 bridgehead atoms. The predicted octanol–water partition coefficient (Wildman–Crippen LogP) is 2.08. The normalized spacial score (nSPS) is 9.90. The molecule has 0 aliphatic rings. The molecule has 7 heteroatoms. The van der Waals surface area contributed by atoms with Crippen molar-refractivity contribution in [3.8, 4) is 6.07 Å². The van der Waals surface area contributed by atoms with Crippen LogP contribution in [0.2, 0.25) is 5.15 Å². The number of amides is 1. The van der Waals surface area contributed by atoms with Crippen LogP contribution in [0, 0.1) is 11.3 Å². The van der Waals surface area contributed by atoms with E-state index in [1.807, 2.05) is 12.1 Å². The molecule has 2 heterocycles. The molecular weight excluding hydrogens is 290 g/mol. The van der Waals surface area contributed by atoms with Gasteiger partial charge >= 0.3 is 0 Å². The Balaban J connectivity index is 2.17. The number of carbonyl (C=O) groups is 1. The lowest BCUT2D eigenvalue weighted by Gasteiger charge is -2.21. The van der Waals surface area contributed by atoms with Gasteiger partial charge in [-0.05, 0) is 11.6 Å². The first-order chi connectivity index (χ1) is 10.2. The zero-order valence-corrected chi connectivity index (χ0v) is 11.9. The molecule has 0 N–H and O–H groups in total. The van der Waals surface area contributed by atoms with E-state index >= 15 is 0 Å². The third-order valence-electron chi connectivity index (χ3n) is 2.72. The summed E-state index contributed by atoms with van der Waals surface area (Å²) in [5.41, 5.74) is 1.08. The lowest BCUT2D eigenvalue weighted by molar-refractivity contribution is 0.0740. The third kappa shape index (κ3) is 4.23. The quantitative estimate of drug-likeness (QED) is 0.844. The summed E-state index contributed by atoms with van der Waals surface area (Å²) in [5, 5.41) is 8.95. The Kier molecular flexibility index (Phi) is 5.18. The van der Waals surface area contributed by atoms with Crippen molar-refractivity contribution in [3.63, 3.8) is 0 Å². The number of pyridine rings is 1. The fraction of sp³-hybridized carbons (Fsp3) is 0.214. The number of nitrogens with zero attached hydrogens (tertiary/aromatic N) is 5. The van der Waals surface area contributed by atoms with Crippen LogP contribution in [0.5, 0.6) is 0 Å². The van der Waals surface area contributed by atoms with Crippen LogP contribution >= 0.6 is 11.6 Å². The molecular formula is C14H12ClN5O. The van der Waals surface area contributed by atoms with Crippen LogP contribution in [0.15, 0.2) is 36.9 Å². The van der Waals surface area contributed by atoms with E-state index in [4.69, 9.17) is 16.9 Å². The Labute approximate surface area is 127 Å². The highest BCUT2D eigenvalue weighted by atomic mass is 35.5. The highest BCUT2D eigenvalue weighted by molar-refractivity contribution is 6.29. The van der Waals surface area contributed by atoms with Gasteiger partial charge in [-0.15, -0.1) is 0 Å². The molecule has 21 heavy (non-hydrogen) atoms. The van der Waals surface area contributed by atoms with Crippen LogP contribution in [0.25, 0.3) is 0 Å². The van der Waals surface area contributed by atoms with Gasteiger partial charge in [0.25, 0.3) is 5.91 Å². The first-order valence-electron chi connectivity index (χ1n) is 6.23. The van der Waals surface area contributed by atoms with Gasteiger partial charge in [-0.3, -0.25) is 9.78 Å². The summed E-state index contributed by atoms with van der Waals surface area (Å²) in [6.07, 6.45) is 6.23. The first-order valence-corrected chi connectivity index (χ1v) is 6.61. The molecule has 0 radical (unpaired) electrons. The molecule has 2 rings (SSSR count). The number of aromatic nitrogens is 3. The van der Waals surface area contributed by atoms with Crippen LogP contribution in [-0.2, 0) is 6.54 Å². The van der Waals surface area contributed by atoms with Crippen LogP contribution < -0.4 is 0 Å². The minimum absolute atomic E-state index is 0.196. The molecule has 0 aliphatic heterocycles. The maximum Gasteiger partial charge on any atom is 0.274 e. The molecule has 0 saturated carbocycles. The van der Waals surface area contributed by atoms with Crippen molar-refractivity contribution in [1.82, 2.24) is 19.9 Å². The van der Waals surface area contributed by atoms with Crippen LogP contribution in [-0.4, -0.2) is 32.3 Å². The zero-order valence-electron chi connectivity index (χ0n) is 11.1. The van der Waals surface area contributed by atoms with Gasteiger partial charge in [0.2, 0.25) is 0 Å². The largest absolute Gasteiger partial charge is 0.332 e. The average molecular weight is 302 g/mol. The average Bonchev–Trinajstić information content (AvgIpc) is 2.52. The maximum absolute atomic E-state index is 12.4. The number of rotatable bonds is 5. The molecule has 0 atom stereocenters. The lowest BCUT2D eigenvalue weighted by Crippen LogP contribution is -2.32. The van der Waals surface area contributed by atoms with E-state index in [0.717, 1.165) is 5.56 Å². The Hall–Kier alpha value is -2.52. The molecule has 6 nitrogen and oxygen atoms in total. The van der Waals surface area contributed by atoms with Gasteiger partial charge < -0.3 is 4.90 Å². The topological polar surface area (TPSA) is 82.8 Å². The van der Waals surface area contributed by atoms with E-state index in [1.165, 1.54) is 17.3 Å². The Morgan fingerprint density at radius 2 is 2.19 bits per heavy atom.